The van der Waals surface area contributed by atoms with Gasteiger partial charge in [-0.15, -0.1) is 0 Å². The van der Waals surface area contributed by atoms with Gasteiger partial charge in [-0.25, -0.2) is 0 Å². The van der Waals surface area contributed by atoms with Crippen LogP contribution in [0, 0.1) is 0 Å². The van der Waals surface area contributed by atoms with Crippen LogP contribution >= 0.6 is 0 Å². The molecule has 0 spiro atoms. The number of benzene rings is 1. The van der Waals surface area contributed by atoms with E-state index in [2.05, 4.69) is 0 Å². The van der Waals surface area contributed by atoms with Crippen molar-refractivity contribution < 1.29 is 4.79 Å². The Kier molecular flexibility index (Phi) is 3.76. The van der Waals surface area contributed by atoms with Crippen molar-refractivity contribution in [3.05, 3.63) is 48.2 Å². The van der Waals surface area contributed by atoms with Gasteiger partial charge < -0.3 is 5.73 Å². The lowest BCUT2D eigenvalue weighted by molar-refractivity contribution is -0.114. The number of carbonyl (C=O) groups excluding carboxylic acids is 1. The van der Waals surface area contributed by atoms with Gasteiger partial charge in [-0.3, -0.25) is 4.79 Å². The summed E-state index contributed by atoms with van der Waals surface area (Å²) < 4.78 is 0. The molecule has 2 N–H and O–H groups in total. The topological polar surface area (TPSA) is 43.1 Å². The highest BCUT2D eigenvalue weighted by Gasteiger charge is 1.96. The molecule has 0 radical (unpaired) electrons. The second-order valence-corrected chi connectivity index (χ2v) is 2.81. The summed E-state index contributed by atoms with van der Waals surface area (Å²) in [6.07, 6.45) is 4.00. The Morgan fingerprint density at radius 1 is 1.31 bits per heavy atom. The van der Waals surface area contributed by atoms with E-state index in [0.717, 1.165) is 6.42 Å². The zero-order valence-corrected chi connectivity index (χ0v) is 7.44. The molecule has 0 atom stereocenters. The maximum Gasteiger partial charge on any atom is 0.157 e. The second-order valence-electron chi connectivity index (χ2n) is 2.81. The van der Waals surface area contributed by atoms with Crippen molar-refractivity contribution in [3.8, 4) is 0 Å². The van der Waals surface area contributed by atoms with Gasteiger partial charge in [0.1, 0.15) is 0 Å². The highest BCUT2D eigenvalue weighted by Crippen LogP contribution is 2.02. The molecule has 0 aliphatic carbocycles. The van der Waals surface area contributed by atoms with E-state index in [4.69, 9.17) is 5.73 Å². The Bertz CT molecular complexity index is 290. The lowest BCUT2D eigenvalue weighted by Gasteiger charge is -1.97. The molecule has 0 fully saturated rings. The first-order chi connectivity index (χ1) is 6.33. The minimum Gasteiger partial charge on any atom is -0.404 e. The molecule has 0 aromatic heterocycles. The quantitative estimate of drug-likeness (QED) is 0.707. The fourth-order valence-corrected chi connectivity index (χ4v) is 1.10. The van der Waals surface area contributed by atoms with Gasteiger partial charge >= 0.3 is 0 Å². The summed E-state index contributed by atoms with van der Waals surface area (Å²) in [5, 5.41) is 0. The number of carbonyl (C=O) groups is 1. The van der Waals surface area contributed by atoms with Crippen LogP contribution in [0.15, 0.2) is 42.6 Å². The molecule has 0 aliphatic rings. The Morgan fingerprint density at radius 3 is 2.62 bits per heavy atom. The van der Waals surface area contributed by atoms with Crippen molar-refractivity contribution in [2.24, 2.45) is 5.73 Å². The molecule has 1 aromatic carbocycles. The summed E-state index contributed by atoms with van der Waals surface area (Å²) in [4.78, 5) is 11.0. The zero-order valence-electron chi connectivity index (χ0n) is 7.44. The molecule has 0 heterocycles. The van der Waals surface area contributed by atoms with Crippen molar-refractivity contribution in [1.82, 2.24) is 0 Å². The minimum absolute atomic E-state index is 0.0753. The lowest BCUT2D eigenvalue weighted by Crippen LogP contribution is -1.96. The molecule has 68 valence electrons. The number of hydrogen-bond acceptors (Lipinski definition) is 2. The normalized spacial score (nSPS) is 10.5. The average molecular weight is 175 g/mol. The van der Waals surface area contributed by atoms with Crippen LogP contribution in [-0.2, 0) is 11.2 Å². The molecular weight excluding hydrogens is 162 g/mol. The number of allylic oxidation sites excluding steroid dienone is 1. The van der Waals surface area contributed by atoms with E-state index in [-0.39, 0.29) is 5.78 Å². The molecular formula is C11H13NO. The Morgan fingerprint density at radius 2 is 2.00 bits per heavy atom. The third kappa shape index (κ3) is 3.56. The van der Waals surface area contributed by atoms with Crippen LogP contribution < -0.4 is 5.73 Å². The first-order valence-corrected chi connectivity index (χ1v) is 4.28. The molecule has 1 aromatic rings. The van der Waals surface area contributed by atoms with Crippen LogP contribution in [0.25, 0.3) is 0 Å². The van der Waals surface area contributed by atoms with Crippen molar-refractivity contribution in [2.45, 2.75) is 12.8 Å². The lowest BCUT2D eigenvalue weighted by atomic mass is 10.1. The highest BCUT2D eigenvalue weighted by molar-refractivity contribution is 5.89. The largest absolute Gasteiger partial charge is 0.404 e. The number of nitrogens with two attached hydrogens (primary N) is 1. The Balaban J connectivity index is 2.40. The van der Waals surface area contributed by atoms with E-state index in [1.54, 1.807) is 0 Å². The molecule has 0 amide bonds. The van der Waals surface area contributed by atoms with Crippen molar-refractivity contribution in [2.75, 3.05) is 0 Å². The van der Waals surface area contributed by atoms with Gasteiger partial charge in [-0.1, -0.05) is 30.3 Å². The van der Waals surface area contributed by atoms with Crippen LogP contribution in [0.4, 0.5) is 0 Å². The minimum atomic E-state index is 0.0753. The van der Waals surface area contributed by atoms with Gasteiger partial charge in [0.25, 0.3) is 0 Å². The van der Waals surface area contributed by atoms with E-state index >= 15 is 0 Å². The van der Waals surface area contributed by atoms with Gasteiger partial charge in [0.05, 0.1) is 0 Å². The van der Waals surface area contributed by atoms with Gasteiger partial charge in [0.2, 0.25) is 0 Å². The van der Waals surface area contributed by atoms with Gasteiger partial charge in [0.15, 0.2) is 5.78 Å². The van der Waals surface area contributed by atoms with E-state index in [1.165, 1.54) is 17.8 Å². The third-order valence-corrected chi connectivity index (χ3v) is 1.79. The Hall–Kier alpha value is -1.57. The summed E-state index contributed by atoms with van der Waals surface area (Å²) >= 11 is 0. The fourth-order valence-electron chi connectivity index (χ4n) is 1.10. The number of rotatable bonds is 4. The first kappa shape index (κ1) is 9.52. The van der Waals surface area contributed by atoms with Crippen LogP contribution in [0.1, 0.15) is 12.0 Å². The van der Waals surface area contributed by atoms with E-state index in [1.807, 2.05) is 30.3 Å². The summed E-state index contributed by atoms with van der Waals surface area (Å²) in [5.74, 6) is 0.0753. The standard InChI is InChI=1S/C11H13NO/c12-9-8-11(13)7-6-10-4-2-1-3-5-10/h1-5,8-9H,6-7,12H2/b9-8-. The molecule has 0 unspecified atom stereocenters. The van der Waals surface area contributed by atoms with Gasteiger partial charge in [-0.2, -0.15) is 0 Å². The second kappa shape index (κ2) is 5.14. The molecule has 2 heteroatoms. The number of ketones is 1. The average Bonchev–Trinajstić information content (AvgIpc) is 2.17. The number of hydrogen-bond donors (Lipinski definition) is 1. The van der Waals surface area contributed by atoms with Crippen molar-refractivity contribution in [1.29, 1.82) is 0 Å². The highest BCUT2D eigenvalue weighted by atomic mass is 16.1. The summed E-state index contributed by atoms with van der Waals surface area (Å²) in [5.41, 5.74) is 6.28. The van der Waals surface area contributed by atoms with E-state index < -0.39 is 0 Å². The van der Waals surface area contributed by atoms with E-state index in [9.17, 15) is 4.79 Å². The predicted octanol–water partition coefficient (Wildman–Crippen LogP) is 1.66. The van der Waals surface area contributed by atoms with Crippen LogP contribution in [0.2, 0.25) is 0 Å². The van der Waals surface area contributed by atoms with Crippen LogP contribution in [0.5, 0.6) is 0 Å². The van der Waals surface area contributed by atoms with Crippen LogP contribution in [-0.4, -0.2) is 5.78 Å². The van der Waals surface area contributed by atoms with Crippen molar-refractivity contribution >= 4 is 5.78 Å². The molecule has 1 rings (SSSR count). The first-order valence-electron chi connectivity index (χ1n) is 4.28. The monoisotopic (exact) mass is 175 g/mol. The molecule has 0 saturated carbocycles. The predicted molar refractivity (Wildman–Crippen MR) is 53.1 cm³/mol. The molecule has 0 bridgehead atoms. The number of aryl methyl sites for hydroxylation is 1. The summed E-state index contributed by atoms with van der Waals surface area (Å²) in [6, 6.07) is 9.93. The third-order valence-electron chi connectivity index (χ3n) is 1.79. The zero-order chi connectivity index (χ0) is 9.52. The summed E-state index contributed by atoms with van der Waals surface area (Å²) in [7, 11) is 0. The van der Waals surface area contributed by atoms with Gasteiger partial charge in [-0.05, 0) is 24.3 Å². The maximum absolute atomic E-state index is 11.0. The van der Waals surface area contributed by atoms with Gasteiger partial charge in [0, 0.05) is 6.42 Å². The SMILES string of the molecule is N/C=C\C(=O)CCc1ccccc1. The molecule has 0 saturated heterocycles. The molecule has 13 heavy (non-hydrogen) atoms. The van der Waals surface area contributed by atoms with Crippen LogP contribution in [0.3, 0.4) is 0 Å². The van der Waals surface area contributed by atoms with E-state index in [0.29, 0.717) is 6.42 Å². The maximum atomic E-state index is 11.0. The summed E-state index contributed by atoms with van der Waals surface area (Å²) in [6.45, 7) is 0. The Labute approximate surface area is 78.1 Å². The molecule has 0 aliphatic heterocycles. The molecule has 2 nitrogen and oxygen atoms in total. The van der Waals surface area contributed by atoms with Crippen molar-refractivity contribution in [3.63, 3.8) is 0 Å². The fraction of sp³-hybridized carbons (Fsp3) is 0.182. The smallest absolute Gasteiger partial charge is 0.157 e.